The molecule has 1 aliphatic heterocycles. The van der Waals surface area contributed by atoms with Crippen molar-refractivity contribution in [3.05, 3.63) is 111 Å². The number of hydrogen-bond acceptors (Lipinski definition) is 6. The first-order valence-corrected chi connectivity index (χ1v) is 9.48. The van der Waals surface area contributed by atoms with Gasteiger partial charge in [0.2, 0.25) is 0 Å². The molecule has 0 unspecified atom stereocenters. The summed E-state index contributed by atoms with van der Waals surface area (Å²) in [4.78, 5) is 42.8. The van der Waals surface area contributed by atoms with Crippen LogP contribution in [0.1, 0.15) is 22.8 Å². The lowest BCUT2D eigenvalue weighted by Gasteiger charge is -1.93. The topological polar surface area (TPSA) is 182 Å². The van der Waals surface area contributed by atoms with Gasteiger partial charge in [-0.2, -0.15) is 0 Å². The Hall–Kier alpha value is -5.20. The molecule has 5 rings (SSSR count). The summed E-state index contributed by atoms with van der Waals surface area (Å²) in [5.41, 5.74) is -0.129. The van der Waals surface area contributed by atoms with E-state index < -0.39 is 37.0 Å². The van der Waals surface area contributed by atoms with Crippen molar-refractivity contribution in [1.29, 1.82) is 0 Å². The minimum Gasteiger partial charge on any atom is -0.355 e. The van der Waals surface area contributed by atoms with Gasteiger partial charge in [0.1, 0.15) is 0 Å². The first kappa shape index (κ1) is 19.7. The van der Waals surface area contributed by atoms with E-state index in [1.54, 1.807) is 36.4 Å². The highest BCUT2D eigenvalue weighted by Crippen LogP contribution is 2.20. The van der Waals surface area contributed by atoms with Gasteiger partial charge in [-0.05, 0) is 65.4 Å². The zero-order valence-corrected chi connectivity index (χ0v) is 16.5. The summed E-state index contributed by atoms with van der Waals surface area (Å²) in [6.07, 6.45) is 5.84. The summed E-state index contributed by atoms with van der Waals surface area (Å²) >= 11 is 0. The number of nitro groups is 3. The monoisotopic (exact) mass is 447 g/mol. The Morgan fingerprint density at radius 3 is 1.33 bits per heavy atom. The summed E-state index contributed by atoms with van der Waals surface area (Å²) < 4.78 is 0.354. The molecule has 4 aromatic rings. The highest BCUT2D eigenvalue weighted by atomic mass is 16.7. The molecule has 4 aromatic heterocycles. The molecule has 164 valence electrons. The van der Waals surface area contributed by atoms with Crippen LogP contribution in [0.25, 0.3) is 24.3 Å². The molecule has 13 nitrogen and oxygen atoms in total. The van der Waals surface area contributed by atoms with Crippen LogP contribution in [-0.4, -0.2) is 34.5 Å². The maximum atomic E-state index is 11.9. The number of nitrogens with one attached hydrogen (secondary N) is 3. The van der Waals surface area contributed by atoms with Crippen molar-refractivity contribution in [3.8, 4) is 0 Å². The van der Waals surface area contributed by atoms with Gasteiger partial charge in [0.15, 0.2) is 15.7 Å². The molecular weight excluding hydrogens is 434 g/mol. The third kappa shape index (κ3) is 3.38. The van der Waals surface area contributed by atoms with E-state index in [0.717, 1.165) is 22.9 Å². The van der Waals surface area contributed by atoms with Gasteiger partial charge in [-0.25, -0.2) is 10.1 Å². The molecule has 8 bridgehead atoms. The van der Waals surface area contributed by atoms with Gasteiger partial charge in [0.05, 0.1) is 9.85 Å². The van der Waals surface area contributed by atoms with E-state index in [1.807, 2.05) is 12.1 Å². The normalized spacial score (nSPS) is 12.1. The molecular formula is C20H13N7O6. The summed E-state index contributed by atoms with van der Waals surface area (Å²) in [6.45, 7) is 0. The number of H-pyrrole nitrogens is 3. The van der Waals surface area contributed by atoms with E-state index in [0.29, 0.717) is 27.5 Å². The summed E-state index contributed by atoms with van der Waals surface area (Å²) in [5, 5.41) is 35.1. The lowest BCUT2D eigenvalue weighted by molar-refractivity contribution is -0.547. The maximum Gasteiger partial charge on any atom is 0.378 e. The van der Waals surface area contributed by atoms with Crippen LogP contribution in [0, 0.1) is 30.3 Å². The zero-order valence-electron chi connectivity index (χ0n) is 16.5. The van der Waals surface area contributed by atoms with E-state index in [-0.39, 0.29) is 0 Å². The lowest BCUT2D eigenvalue weighted by Crippen LogP contribution is -2.34. The minimum absolute atomic E-state index is 0.291. The molecule has 0 spiro atoms. The van der Waals surface area contributed by atoms with Crippen molar-refractivity contribution < 1.29 is 14.9 Å². The fourth-order valence-electron chi connectivity index (χ4n) is 3.79. The van der Waals surface area contributed by atoms with Crippen molar-refractivity contribution in [2.24, 2.45) is 0 Å². The second-order valence-corrected chi connectivity index (χ2v) is 7.22. The summed E-state index contributed by atoms with van der Waals surface area (Å²) in [7, 11) is 0. The minimum atomic E-state index is -0.987. The molecule has 33 heavy (non-hydrogen) atoms. The van der Waals surface area contributed by atoms with Crippen LogP contribution in [0.5, 0.6) is 0 Å². The number of hydrogen-bond donors (Lipinski definition) is 3. The van der Waals surface area contributed by atoms with Crippen LogP contribution in [0.2, 0.25) is 0 Å². The van der Waals surface area contributed by atoms with Crippen LogP contribution in [0.3, 0.4) is 0 Å². The average molecular weight is 447 g/mol. The molecule has 5 heterocycles. The number of aromatic nitrogens is 4. The highest BCUT2D eigenvalue weighted by molar-refractivity contribution is 5.64. The number of nitrogens with zero attached hydrogens (tertiary/aromatic N) is 4. The summed E-state index contributed by atoms with van der Waals surface area (Å²) in [6, 6.07) is 10.2. The Kier molecular flexibility index (Phi) is 4.30. The Balaban J connectivity index is 1.98. The second kappa shape index (κ2) is 7.19. The van der Waals surface area contributed by atoms with Crippen molar-refractivity contribution in [3.63, 3.8) is 0 Å². The molecule has 0 aliphatic carbocycles. The zero-order chi connectivity index (χ0) is 23.3. The van der Waals surface area contributed by atoms with Crippen LogP contribution < -0.4 is 21.4 Å². The maximum absolute atomic E-state index is 11.9. The van der Waals surface area contributed by atoms with Gasteiger partial charge in [-0.15, -0.1) is 0 Å². The molecule has 3 N–H and O–H groups in total. The van der Waals surface area contributed by atoms with Crippen molar-refractivity contribution >= 4 is 35.7 Å². The first-order chi connectivity index (χ1) is 15.8. The Bertz CT molecular complexity index is 1600. The SMILES string of the molecule is O=[N+]([O-])c1c([N+](=O)[O-])c2n([N+](=O)[O-])c1=Cc1ccc([nH]1)C=c1ccc([nH]1)=Cc1ccc([nH]1)C=2. The molecule has 0 radical (unpaired) electrons. The van der Waals surface area contributed by atoms with E-state index in [2.05, 4.69) is 15.0 Å². The third-order valence-corrected chi connectivity index (χ3v) is 5.09. The fraction of sp³-hybridized carbons (Fsp3) is 0. The van der Waals surface area contributed by atoms with E-state index in [9.17, 15) is 30.3 Å². The van der Waals surface area contributed by atoms with Crippen molar-refractivity contribution in [1.82, 2.24) is 19.6 Å². The smallest absolute Gasteiger partial charge is 0.355 e. The standard InChI is InChI=1S/C20H13N7O6/c28-25(29)19-17-9-15-5-3-13(22-15)7-11-1-2-12(21-11)8-14-4-6-16(23-14)10-18(20(19)26(30)31)24(17)27(32)33/h1-10,21-23H. The van der Waals surface area contributed by atoms with Gasteiger partial charge < -0.3 is 15.0 Å². The largest absolute Gasteiger partial charge is 0.378 e. The highest BCUT2D eigenvalue weighted by Gasteiger charge is 2.37. The van der Waals surface area contributed by atoms with Crippen LogP contribution in [-0.2, 0) is 0 Å². The Morgan fingerprint density at radius 2 is 0.970 bits per heavy atom. The first-order valence-electron chi connectivity index (χ1n) is 9.48. The Labute approximate surface area is 181 Å². The molecule has 0 aromatic carbocycles. The van der Waals surface area contributed by atoms with Gasteiger partial charge in [0.25, 0.3) is 0 Å². The molecule has 0 fully saturated rings. The van der Waals surface area contributed by atoms with E-state index >= 15 is 0 Å². The number of aromatic amines is 3. The number of rotatable bonds is 3. The third-order valence-electron chi connectivity index (χ3n) is 5.09. The van der Waals surface area contributed by atoms with Crippen molar-refractivity contribution in [2.45, 2.75) is 0 Å². The van der Waals surface area contributed by atoms with E-state index in [1.165, 1.54) is 0 Å². The molecule has 1 aliphatic rings. The van der Waals surface area contributed by atoms with Crippen LogP contribution in [0.4, 0.5) is 11.4 Å². The van der Waals surface area contributed by atoms with E-state index in [4.69, 9.17) is 0 Å². The lowest BCUT2D eigenvalue weighted by atomic mass is 10.3. The van der Waals surface area contributed by atoms with Gasteiger partial charge >= 0.3 is 11.4 Å². The summed E-state index contributed by atoms with van der Waals surface area (Å²) in [5.74, 6) is 0. The van der Waals surface area contributed by atoms with Crippen molar-refractivity contribution in [2.75, 3.05) is 0 Å². The van der Waals surface area contributed by atoms with Crippen LogP contribution in [0.15, 0.2) is 36.4 Å². The molecule has 13 heteroatoms. The predicted molar refractivity (Wildman–Crippen MR) is 115 cm³/mol. The number of fused-ring (bicyclic) bond motifs is 8. The molecule has 0 saturated heterocycles. The van der Waals surface area contributed by atoms with Gasteiger partial charge in [0, 0.05) is 33.5 Å². The molecule has 0 atom stereocenters. The van der Waals surface area contributed by atoms with Gasteiger partial charge in [-0.1, -0.05) is 0 Å². The quantitative estimate of drug-likeness (QED) is 0.257. The average Bonchev–Trinajstić information content (AvgIpc) is 3.50. The fourth-order valence-corrected chi connectivity index (χ4v) is 3.79. The second-order valence-electron chi connectivity index (χ2n) is 7.22. The van der Waals surface area contributed by atoms with Gasteiger partial charge in [-0.3, -0.25) is 20.2 Å². The molecule has 0 amide bonds. The molecule has 0 saturated carbocycles. The van der Waals surface area contributed by atoms with Crippen LogP contribution >= 0.6 is 0 Å². The Morgan fingerprint density at radius 1 is 0.576 bits per heavy atom. The predicted octanol–water partition coefficient (Wildman–Crippen LogP) is -0.0428.